The Morgan fingerprint density at radius 1 is 1.50 bits per heavy atom. The number of methoxy groups -OCH3 is 1. The number of carbonyl (C=O) groups is 2. The Bertz CT molecular complexity index is 201. The van der Waals surface area contributed by atoms with E-state index in [1.165, 1.54) is 0 Å². The Labute approximate surface area is 82.8 Å². The Morgan fingerprint density at radius 3 is 2.79 bits per heavy atom. The lowest BCUT2D eigenvalue weighted by atomic mass is 9.80. The molecule has 1 saturated carbocycles. The molecule has 0 atom stereocenters. The van der Waals surface area contributed by atoms with Gasteiger partial charge in [0.15, 0.2) is 0 Å². The van der Waals surface area contributed by atoms with E-state index in [0.29, 0.717) is 32.5 Å². The summed E-state index contributed by atoms with van der Waals surface area (Å²) < 4.78 is 9.68. The third kappa shape index (κ3) is 2.99. The largest absolute Gasteiger partial charge is 0.463 e. The van der Waals surface area contributed by atoms with Crippen LogP contribution in [0.4, 0.5) is 0 Å². The van der Waals surface area contributed by atoms with Gasteiger partial charge in [0.05, 0.1) is 12.5 Å². The van der Waals surface area contributed by atoms with Crippen LogP contribution in [0.5, 0.6) is 0 Å². The van der Waals surface area contributed by atoms with Crippen LogP contribution in [0.15, 0.2) is 0 Å². The summed E-state index contributed by atoms with van der Waals surface area (Å²) in [6.07, 6.45) is 2.03. The summed E-state index contributed by atoms with van der Waals surface area (Å²) in [5.41, 5.74) is 0. The molecule has 0 heterocycles. The number of nitrogens with one attached hydrogen (secondary N) is 1. The fourth-order valence-electron chi connectivity index (χ4n) is 1.39. The van der Waals surface area contributed by atoms with Gasteiger partial charge in [-0.15, -0.1) is 0 Å². The minimum Gasteiger partial charge on any atom is -0.463 e. The number of hydrogen-bond acceptors (Lipinski definition) is 4. The molecule has 5 nitrogen and oxygen atoms in total. The van der Waals surface area contributed by atoms with Gasteiger partial charge in [-0.2, -0.15) is 0 Å². The van der Waals surface area contributed by atoms with Crippen molar-refractivity contribution < 1.29 is 19.1 Å². The van der Waals surface area contributed by atoms with Crippen LogP contribution < -0.4 is 5.32 Å². The standard InChI is InChI=1S/C9H15NO4/c1-13-2-3-14-9(12)7-4-8(5-7)10-6-11/h6-8H,2-5H2,1H3,(H,10,11). The third-order valence-electron chi connectivity index (χ3n) is 2.31. The van der Waals surface area contributed by atoms with Crippen molar-refractivity contribution in [3.05, 3.63) is 0 Å². The molecule has 0 bridgehead atoms. The Hall–Kier alpha value is -1.10. The normalized spacial score (nSPS) is 24.9. The van der Waals surface area contributed by atoms with Crippen LogP contribution in [-0.2, 0) is 19.1 Å². The molecular weight excluding hydrogens is 186 g/mol. The molecule has 0 aromatic rings. The summed E-state index contributed by atoms with van der Waals surface area (Å²) >= 11 is 0. The quantitative estimate of drug-likeness (QED) is 0.364. The second-order valence-corrected chi connectivity index (χ2v) is 3.31. The van der Waals surface area contributed by atoms with Crippen LogP contribution >= 0.6 is 0 Å². The van der Waals surface area contributed by atoms with Crippen LogP contribution in [-0.4, -0.2) is 38.7 Å². The minimum atomic E-state index is -0.189. The molecule has 14 heavy (non-hydrogen) atoms. The Balaban J connectivity index is 2.07. The first-order valence-electron chi connectivity index (χ1n) is 4.63. The number of esters is 1. The molecule has 0 aromatic heterocycles. The van der Waals surface area contributed by atoms with Gasteiger partial charge in [-0.05, 0) is 12.8 Å². The highest BCUT2D eigenvalue weighted by Gasteiger charge is 2.35. The molecule has 1 aliphatic rings. The summed E-state index contributed by atoms with van der Waals surface area (Å²) in [7, 11) is 1.56. The summed E-state index contributed by atoms with van der Waals surface area (Å²) in [6, 6.07) is 0.146. The first-order chi connectivity index (χ1) is 6.77. The average molecular weight is 201 g/mol. The van der Waals surface area contributed by atoms with Crippen molar-refractivity contribution in [3.8, 4) is 0 Å². The number of carbonyl (C=O) groups excluding carboxylic acids is 2. The lowest BCUT2D eigenvalue weighted by Crippen LogP contribution is -2.44. The highest BCUT2D eigenvalue weighted by atomic mass is 16.6. The molecule has 1 amide bonds. The molecule has 5 heteroatoms. The summed E-state index contributed by atoms with van der Waals surface area (Å²) in [6.45, 7) is 0.728. The first-order valence-corrected chi connectivity index (χ1v) is 4.63. The van der Waals surface area contributed by atoms with Crippen molar-refractivity contribution in [1.29, 1.82) is 0 Å². The molecule has 0 saturated heterocycles. The number of ether oxygens (including phenoxy) is 2. The fourth-order valence-corrected chi connectivity index (χ4v) is 1.39. The van der Waals surface area contributed by atoms with Gasteiger partial charge >= 0.3 is 5.97 Å². The molecule has 1 N–H and O–H groups in total. The second-order valence-electron chi connectivity index (χ2n) is 3.31. The number of amides is 1. The lowest BCUT2D eigenvalue weighted by molar-refractivity contribution is -0.153. The SMILES string of the molecule is COCCOC(=O)C1CC(NC=O)C1. The van der Waals surface area contributed by atoms with Gasteiger partial charge in [0.1, 0.15) is 6.61 Å². The predicted molar refractivity (Wildman–Crippen MR) is 48.5 cm³/mol. The van der Waals surface area contributed by atoms with E-state index in [-0.39, 0.29) is 17.9 Å². The van der Waals surface area contributed by atoms with E-state index in [0.717, 1.165) is 0 Å². The second kappa shape index (κ2) is 5.59. The van der Waals surface area contributed by atoms with Crippen LogP contribution in [0, 0.1) is 5.92 Å². The molecule has 0 unspecified atom stereocenters. The van der Waals surface area contributed by atoms with Gasteiger partial charge in [-0.25, -0.2) is 0 Å². The topological polar surface area (TPSA) is 64.6 Å². The molecular formula is C9H15NO4. The van der Waals surface area contributed by atoms with E-state index in [1.54, 1.807) is 7.11 Å². The van der Waals surface area contributed by atoms with E-state index >= 15 is 0 Å². The molecule has 0 aliphatic heterocycles. The predicted octanol–water partition coefficient (Wildman–Crippen LogP) is -0.299. The highest BCUT2D eigenvalue weighted by Crippen LogP contribution is 2.28. The van der Waals surface area contributed by atoms with E-state index in [1.807, 2.05) is 0 Å². The van der Waals surface area contributed by atoms with Gasteiger partial charge < -0.3 is 14.8 Å². The van der Waals surface area contributed by atoms with Gasteiger partial charge in [0.25, 0.3) is 0 Å². The monoisotopic (exact) mass is 201 g/mol. The van der Waals surface area contributed by atoms with Gasteiger partial charge in [-0.1, -0.05) is 0 Å². The van der Waals surface area contributed by atoms with Crippen LogP contribution in [0.25, 0.3) is 0 Å². The van der Waals surface area contributed by atoms with Gasteiger partial charge in [-0.3, -0.25) is 9.59 Å². The van der Waals surface area contributed by atoms with Crippen molar-refractivity contribution >= 4 is 12.4 Å². The Morgan fingerprint density at radius 2 is 2.21 bits per heavy atom. The van der Waals surface area contributed by atoms with Crippen molar-refractivity contribution in [3.63, 3.8) is 0 Å². The molecule has 0 spiro atoms. The molecule has 80 valence electrons. The smallest absolute Gasteiger partial charge is 0.309 e. The fraction of sp³-hybridized carbons (Fsp3) is 0.778. The van der Waals surface area contributed by atoms with Gasteiger partial charge in [0, 0.05) is 13.2 Å². The summed E-state index contributed by atoms with van der Waals surface area (Å²) in [4.78, 5) is 21.3. The number of hydrogen-bond donors (Lipinski definition) is 1. The zero-order valence-corrected chi connectivity index (χ0v) is 8.19. The zero-order chi connectivity index (χ0) is 10.4. The zero-order valence-electron chi connectivity index (χ0n) is 8.19. The lowest BCUT2D eigenvalue weighted by Gasteiger charge is -2.32. The number of rotatable bonds is 6. The van der Waals surface area contributed by atoms with E-state index < -0.39 is 0 Å². The van der Waals surface area contributed by atoms with E-state index in [4.69, 9.17) is 9.47 Å². The maximum absolute atomic E-state index is 11.3. The maximum atomic E-state index is 11.3. The highest BCUT2D eigenvalue weighted by molar-refractivity contribution is 5.73. The van der Waals surface area contributed by atoms with Crippen molar-refractivity contribution in [2.45, 2.75) is 18.9 Å². The third-order valence-corrected chi connectivity index (χ3v) is 2.31. The first kappa shape index (κ1) is 11.0. The Kier molecular flexibility index (Phi) is 4.39. The van der Waals surface area contributed by atoms with Gasteiger partial charge in [0.2, 0.25) is 6.41 Å². The molecule has 0 aromatic carbocycles. The average Bonchev–Trinajstić information content (AvgIpc) is 2.10. The summed E-state index contributed by atoms with van der Waals surface area (Å²) in [5.74, 6) is -0.240. The van der Waals surface area contributed by atoms with Crippen LogP contribution in [0.3, 0.4) is 0 Å². The van der Waals surface area contributed by atoms with E-state index in [9.17, 15) is 9.59 Å². The minimum absolute atomic E-state index is 0.0516. The summed E-state index contributed by atoms with van der Waals surface area (Å²) in [5, 5.41) is 2.62. The van der Waals surface area contributed by atoms with E-state index in [2.05, 4.69) is 5.32 Å². The molecule has 1 fully saturated rings. The van der Waals surface area contributed by atoms with Crippen molar-refractivity contribution in [2.24, 2.45) is 5.92 Å². The van der Waals surface area contributed by atoms with Crippen LogP contribution in [0.2, 0.25) is 0 Å². The molecule has 0 radical (unpaired) electrons. The van der Waals surface area contributed by atoms with Crippen molar-refractivity contribution in [2.75, 3.05) is 20.3 Å². The van der Waals surface area contributed by atoms with Crippen LogP contribution in [0.1, 0.15) is 12.8 Å². The van der Waals surface area contributed by atoms with Crippen molar-refractivity contribution in [1.82, 2.24) is 5.32 Å². The molecule has 1 rings (SSSR count). The molecule has 1 aliphatic carbocycles. The maximum Gasteiger partial charge on any atom is 0.309 e.